The Hall–Kier alpha value is -0.0800. The summed E-state index contributed by atoms with van der Waals surface area (Å²) in [5.41, 5.74) is 0. The first-order valence-corrected chi connectivity index (χ1v) is 4.59. The van der Waals surface area contributed by atoms with Gasteiger partial charge in [-0.3, -0.25) is 0 Å². The van der Waals surface area contributed by atoms with Crippen LogP contribution in [0.2, 0.25) is 0 Å². The minimum atomic E-state index is -0.124. The number of hydrogen-bond donors (Lipinski definition) is 2. The molecule has 2 N–H and O–H groups in total. The molecule has 0 amide bonds. The molecule has 1 aliphatic heterocycles. The molecular weight excluding hydrogens is 138 g/mol. The summed E-state index contributed by atoms with van der Waals surface area (Å²) in [6.45, 7) is 6.40. The molecule has 0 aromatic carbocycles. The summed E-state index contributed by atoms with van der Waals surface area (Å²) in [4.78, 5) is 0. The molecule has 3 atom stereocenters. The summed E-state index contributed by atoms with van der Waals surface area (Å²) in [6.07, 6.45) is 2.08. The largest absolute Gasteiger partial charge is 0.393 e. The van der Waals surface area contributed by atoms with Crippen LogP contribution in [0.5, 0.6) is 0 Å². The lowest BCUT2D eigenvalue weighted by atomic mass is 9.84. The van der Waals surface area contributed by atoms with Crippen molar-refractivity contribution in [3.8, 4) is 0 Å². The van der Waals surface area contributed by atoms with E-state index in [4.69, 9.17) is 0 Å². The highest BCUT2D eigenvalue weighted by Gasteiger charge is 2.21. The average molecular weight is 157 g/mol. The van der Waals surface area contributed by atoms with Gasteiger partial charge in [0, 0.05) is 0 Å². The fourth-order valence-electron chi connectivity index (χ4n) is 1.86. The molecule has 0 aliphatic carbocycles. The van der Waals surface area contributed by atoms with Gasteiger partial charge >= 0.3 is 0 Å². The van der Waals surface area contributed by atoms with Gasteiger partial charge in [-0.1, -0.05) is 6.92 Å². The minimum absolute atomic E-state index is 0.124. The van der Waals surface area contributed by atoms with E-state index in [0.29, 0.717) is 0 Å². The number of hydrogen-bond acceptors (Lipinski definition) is 2. The van der Waals surface area contributed by atoms with Gasteiger partial charge in [-0.2, -0.15) is 0 Å². The highest BCUT2D eigenvalue weighted by atomic mass is 16.3. The monoisotopic (exact) mass is 157 g/mol. The van der Waals surface area contributed by atoms with Crippen molar-refractivity contribution in [1.82, 2.24) is 5.32 Å². The maximum atomic E-state index is 9.20. The van der Waals surface area contributed by atoms with Gasteiger partial charge in [0.05, 0.1) is 6.10 Å². The predicted molar refractivity (Wildman–Crippen MR) is 46.4 cm³/mol. The number of aliphatic hydroxyl groups excluding tert-OH is 1. The molecule has 2 heteroatoms. The van der Waals surface area contributed by atoms with Crippen molar-refractivity contribution in [1.29, 1.82) is 0 Å². The Morgan fingerprint density at radius 2 is 2.36 bits per heavy atom. The van der Waals surface area contributed by atoms with Crippen LogP contribution in [0.4, 0.5) is 0 Å². The maximum absolute atomic E-state index is 9.20. The Bertz CT molecular complexity index is 114. The molecule has 1 heterocycles. The van der Waals surface area contributed by atoms with Gasteiger partial charge in [-0.25, -0.2) is 0 Å². The summed E-state index contributed by atoms with van der Waals surface area (Å²) in [6, 6.07) is 0. The van der Waals surface area contributed by atoms with Gasteiger partial charge in [0.15, 0.2) is 0 Å². The zero-order valence-electron chi connectivity index (χ0n) is 7.51. The summed E-state index contributed by atoms with van der Waals surface area (Å²) in [7, 11) is 0. The van der Waals surface area contributed by atoms with E-state index in [1.807, 2.05) is 6.92 Å². The van der Waals surface area contributed by atoms with E-state index in [2.05, 4.69) is 12.2 Å². The van der Waals surface area contributed by atoms with E-state index in [1.165, 1.54) is 6.42 Å². The molecule has 0 spiro atoms. The molecule has 1 rings (SSSR count). The van der Waals surface area contributed by atoms with Crippen molar-refractivity contribution in [3.05, 3.63) is 0 Å². The normalized spacial score (nSPS) is 35.2. The summed E-state index contributed by atoms with van der Waals surface area (Å²) in [5, 5.41) is 12.6. The fourth-order valence-corrected chi connectivity index (χ4v) is 1.86. The van der Waals surface area contributed by atoms with Crippen LogP contribution in [-0.2, 0) is 0 Å². The number of aliphatic hydroxyl groups is 1. The third-order valence-electron chi connectivity index (χ3n) is 2.61. The van der Waals surface area contributed by atoms with Gasteiger partial charge < -0.3 is 10.4 Å². The topological polar surface area (TPSA) is 32.3 Å². The Kier molecular flexibility index (Phi) is 3.34. The molecule has 3 unspecified atom stereocenters. The standard InChI is InChI=1S/C9H19NO/c1-7-6-10-4-3-9(7)5-8(2)11/h7-11H,3-6H2,1-2H3. The third-order valence-corrected chi connectivity index (χ3v) is 2.61. The molecule has 2 nitrogen and oxygen atoms in total. The van der Waals surface area contributed by atoms with E-state index in [9.17, 15) is 5.11 Å². The second-order valence-electron chi connectivity index (χ2n) is 3.81. The molecule has 0 aromatic heterocycles. The number of piperidine rings is 1. The minimum Gasteiger partial charge on any atom is -0.393 e. The molecule has 11 heavy (non-hydrogen) atoms. The Balaban J connectivity index is 2.29. The summed E-state index contributed by atoms with van der Waals surface area (Å²) in [5.74, 6) is 1.47. The molecule has 0 aromatic rings. The van der Waals surface area contributed by atoms with E-state index in [1.54, 1.807) is 0 Å². The van der Waals surface area contributed by atoms with Crippen molar-refractivity contribution in [2.24, 2.45) is 11.8 Å². The van der Waals surface area contributed by atoms with Gasteiger partial charge in [-0.05, 0) is 44.7 Å². The van der Waals surface area contributed by atoms with Crippen LogP contribution in [0, 0.1) is 11.8 Å². The molecule has 1 saturated heterocycles. The second-order valence-corrected chi connectivity index (χ2v) is 3.81. The van der Waals surface area contributed by atoms with E-state index >= 15 is 0 Å². The quantitative estimate of drug-likeness (QED) is 0.627. The number of nitrogens with one attached hydrogen (secondary N) is 1. The zero-order chi connectivity index (χ0) is 8.27. The summed E-state index contributed by atoms with van der Waals surface area (Å²) >= 11 is 0. The average Bonchev–Trinajstić information content (AvgIpc) is 1.93. The first-order chi connectivity index (χ1) is 5.20. The van der Waals surface area contributed by atoms with Crippen LogP contribution in [0.1, 0.15) is 26.7 Å². The zero-order valence-corrected chi connectivity index (χ0v) is 7.51. The maximum Gasteiger partial charge on any atom is 0.0514 e. The smallest absolute Gasteiger partial charge is 0.0514 e. The molecule has 0 saturated carbocycles. The molecule has 66 valence electrons. The SMILES string of the molecule is CC(O)CC1CCNCC1C. The van der Waals surface area contributed by atoms with Gasteiger partial charge in [0.2, 0.25) is 0 Å². The van der Waals surface area contributed by atoms with Crippen molar-refractivity contribution < 1.29 is 5.11 Å². The lowest BCUT2D eigenvalue weighted by Gasteiger charge is -2.30. The molecule has 0 radical (unpaired) electrons. The van der Waals surface area contributed by atoms with Crippen LogP contribution in [0.25, 0.3) is 0 Å². The van der Waals surface area contributed by atoms with Crippen LogP contribution in [0.3, 0.4) is 0 Å². The second kappa shape index (κ2) is 4.07. The van der Waals surface area contributed by atoms with Crippen molar-refractivity contribution in [2.45, 2.75) is 32.8 Å². The lowest BCUT2D eigenvalue weighted by molar-refractivity contribution is 0.128. The Morgan fingerprint density at radius 3 is 2.91 bits per heavy atom. The van der Waals surface area contributed by atoms with E-state index < -0.39 is 0 Å². The molecule has 0 bridgehead atoms. The van der Waals surface area contributed by atoms with Crippen molar-refractivity contribution in [3.63, 3.8) is 0 Å². The first kappa shape index (κ1) is 9.01. The van der Waals surface area contributed by atoms with Crippen molar-refractivity contribution >= 4 is 0 Å². The molecule has 1 fully saturated rings. The van der Waals surface area contributed by atoms with E-state index in [-0.39, 0.29) is 6.10 Å². The van der Waals surface area contributed by atoms with Gasteiger partial charge in [0.1, 0.15) is 0 Å². The Morgan fingerprint density at radius 1 is 1.64 bits per heavy atom. The molecule has 1 aliphatic rings. The highest BCUT2D eigenvalue weighted by Crippen LogP contribution is 2.23. The summed E-state index contributed by atoms with van der Waals surface area (Å²) < 4.78 is 0. The van der Waals surface area contributed by atoms with Crippen LogP contribution < -0.4 is 5.32 Å². The number of rotatable bonds is 2. The Labute approximate surface area is 69.0 Å². The highest BCUT2D eigenvalue weighted by molar-refractivity contribution is 4.76. The third kappa shape index (κ3) is 2.80. The van der Waals surface area contributed by atoms with Crippen LogP contribution >= 0.6 is 0 Å². The predicted octanol–water partition coefficient (Wildman–Crippen LogP) is 1.00. The van der Waals surface area contributed by atoms with Crippen molar-refractivity contribution in [2.75, 3.05) is 13.1 Å². The fraction of sp³-hybridized carbons (Fsp3) is 1.00. The van der Waals surface area contributed by atoms with Gasteiger partial charge in [0.25, 0.3) is 0 Å². The lowest BCUT2D eigenvalue weighted by Crippen LogP contribution is -2.36. The van der Waals surface area contributed by atoms with E-state index in [0.717, 1.165) is 31.3 Å². The molecular formula is C9H19NO. The van der Waals surface area contributed by atoms with Crippen LogP contribution in [-0.4, -0.2) is 24.3 Å². The van der Waals surface area contributed by atoms with Gasteiger partial charge in [-0.15, -0.1) is 0 Å². The first-order valence-electron chi connectivity index (χ1n) is 4.59. The van der Waals surface area contributed by atoms with Crippen LogP contribution in [0.15, 0.2) is 0 Å².